The minimum atomic E-state index is -4.40. The predicted molar refractivity (Wildman–Crippen MR) is 81.2 cm³/mol. The molecule has 2 heterocycles. The highest BCUT2D eigenvalue weighted by molar-refractivity contribution is 7.17. The molecular formula is C14H11F3N4S. The van der Waals surface area contributed by atoms with Crippen LogP contribution in [0.5, 0.6) is 0 Å². The fourth-order valence-corrected chi connectivity index (χ4v) is 3.15. The van der Waals surface area contributed by atoms with Crippen LogP contribution in [0, 0.1) is 6.92 Å². The van der Waals surface area contributed by atoms with E-state index in [0.717, 1.165) is 16.7 Å². The molecule has 8 heteroatoms. The number of aryl methyl sites for hydroxylation is 1. The van der Waals surface area contributed by atoms with Crippen molar-refractivity contribution in [2.24, 2.45) is 5.10 Å². The summed E-state index contributed by atoms with van der Waals surface area (Å²) in [7, 11) is 0. The first-order valence-electron chi connectivity index (χ1n) is 6.29. The van der Waals surface area contributed by atoms with Gasteiger partial charge in [0, 0.05) is 21.0 Å². The Bertz CT molecular complexity index is 861. The second kappa shape index (κ2) is 5.13. The molecule has 1 aromatic carbocycles. The van der Waals surface area contributed by atoms with E-state index in [1.165, 1.54) is 10.9 Å². The number of nitrogens with zero attached hydrogens (tertiary/aromatic N) is 3. The van der Waals surface area contributed by atoms with Crippen LogP contribution in [-0.2, 0) is 6.18 Å². The van der Waals surface area contributed by atoms with Gasteiger partial charge in [0.15, 0.2) is 0 Å². The van der Waals surface area contributed by atoms with Gasteiger partial charge in [-0.15, -0.1) is 11.3 Å². The lowest BCUT2D eigenvalue weighted by Crippen LogP contribution is -2.04. The topological polar surface area (TPSA) is 56.2 Å². The van der Waals surface area contributed by atoms with Gasteiger partial charge in [0.2, 0.25) is 5.95 Å². The Balaban J connectivity index is 2.11. The molecule has 0 radical (unpaired) electrons. The lowest BCUT2D eigenvalue weighted by molar-refractivity contribution is -0.136. The maximum absolute atomic E-state index is 13.1. The number of hydrogen-bond donors (Lipinski definition) is 1. The SMILES string of the molecule is Cc1cn(N=Cc2cccc3scc(C(F)(F)F)c23)c(N)n1. The minimum Gasteiger partial charge on any atom is -0.368 e. The Morgan fingerprint density at radius 2 is 2.14 bits per heavy atom. The molecule has 0 aliphatic carbocycles. The van der Waals surface area contributed by atoms with Crippen molar-refractivity contribution >= 4 is 33.6 Å². The van der Waals surface area contributed by atoms with E-state index in [-0.39, 0.29) is 11.3 Å². The molecule has 0 amide bonds. The van der Waals surface area contributed by atoms with Gasteiger partial charge in [-0.2, -0.15) is 18.3 Å². The van der Waals surface area contributed by atoms with Crippen molar-refractivity contribution < 1.29 is 13.2 Å². The zero-order valence-electron chi connectivity index (χ0n) is 11.4. The molecule has 4 nitrogen and oxygen atoms in total. The number of alkyl halides is 3. The number of thiophene rings is 1. The summed E-state index contributed by atoms with van der Waals surface area (Å²) >= 11 is 1.06. The molecule has 22 heavy (non-hydrogen) atoms. The first-order valence-corrected chi connectivity index (χ1v) is 7.17. The van der Waals surface area contributed by atoms with Crippen LogP contribution in [0.15, 0.2) is 34.9 Å². The van der Waals surface area contributed by atoms with Crippen LogP contribution in [0.2, 0.25) is 0 Å². The highest BCUT2D eigenvalue weighted by atomic mass is 32.1. The number of rotatable bonds is 2. The molecule has 0 aliphatic rings. The van der Waals surface area contributed by atoms with Crippen molar-refractivity contribution in [1.29, 1.82) is 0 Å². The van der Waals surface area contributed by atoms with E-state index in [9.17, 15) is 13.2 Å². The van der Waals surface area contributed by atoms with E-state index in [0.29, 0.717) is 16.0 Å². The van der Waals surface area contributed by atoms with E-state index in [4.69, 9.17) is 5.73 Å². The summed E-state index contributed by atoms with van der Waals surface area (Å²) in [6.07, 6.45) is -1.43. The van der Waals surface area contributed by atoms with E-state index in [1.54, 1.807) is 31.3 Å². The first kappa shape index (κ1) is 14.6. The number of nitrogen functional groups attached to an aromatic ring is 1. The van der Waals surface area contributed by atoms with Crippen LogP contribution in [0.3, 0.4) is 0 Å². The zero-order valence-corrected chi connectivity index (χ0v) is 12.2. The van der Waals surface area contributed by atoms with Crippen LogP contribution in [0.1, 0.15) is 16.8 Å². The smallest absolute Gasteiger partial charge is 0.368 e. The third kappa shape index (κ3) is 2.57. The maximum Gasteiger partial charge on any atom is 0.417 e. The van der Waals surface area contributed by atoms with Crippen LogP contribution in [0.25, 0.3) is 10.1 Å². The summed E-state index contributed by atoms with van der Waals surface area (Å²) in [6, 6.07) is 4.94. The van der Waals surface area contributed by atoms with Crippen molar-refractivity contribution in [2.75, 3.05) is 5.73 Å². The van der Waals surface area contributed by atoms with Gasteiger partial charge in [0.25, 0.3) is 0 Å². The number of hydrogen-bond acceptors (Lipinski definition) is 4. The van der Waals surface area contributed by atoms with Gasteiger partial charge in [-0.05, 0) is 13.0 Å². The molecule has 3 rings (SSSR count). The van der Waals surface area contributed by atoms with Gasteiger partial charge < -0.3 is 5.73 Å². The van der Waals surface area contributed by atoms with Gasteiger partial charge in [0.05, 0.1) is 23.7 Å². The fourth-order valence-electron chi connectivity index (χ4n) is 2.15. The summed E-state index contributed by atoms with van der Waals surface area (Å²) < 4.78 is 41.2. The number of halogens is 3. The first-order chi connectivity index (χ1) is 10.4. The number of imidazole rings is 1. The van der Waals surface area contributed by atoms with Crippen molar-refractivity contribution in [3.8, 4) is 0 Å². The second-order valence-corrected chi connectivity index (χ2v) is 5.61. The van der Waals surface area contributed by atoms with Crippen molar-refractivity contribution in [1.82, 2.24) is 9.66 Å². The van der Waals surface area contributed by atoms with E-state index < -0.39 is 11.7 Å². The third-order valence-corrected chi connectivity index (χ3v) is 4.04. The maximum atomic E-state index is 13.1. The quantitative estimate of drug-likeness (QED) is 0.727. The number of aromatic nitrogens is 2. The lowest BCUT2D eigenvalue weighted by Gasteiger charge is -2.06. The summed E-state index contributed by atoms with van der Waals surface area (Å²) in [5.74, 6) is 0.183. The molecule has 0 aliphatic heterocycles. The Labute approximate surface area is 127 Å². The molecule has 3 aromatic rings. The lowest BCUT2D eigenvalue weighted by atomic mass is 10.1. The average Bonchev–Trinajstić information content (AvgIpc) is 2.99. The molecule has 0 fully saturated rings. The van der Waals surface area contributed by atoms with Crippen molar-refractivity contribution in [3.05, 3.63) is 46.6 Å². The van der Waals surface area contributed by atoms with Crippen LogP contribution in [0.4, 0.5) is 19.1 Å². The summed E-state index contributed by atoms with van der Waals surface area (Å²) in [5, 5.41) is 5.37. The Morgan fingerprint density at radius 1 is 1.36 bits per heavy atom. The molecule has 0 atom stereocenters. The molecule has 0 saturated heterocycles. The minimum absolute atomic E-state index is 0.152. The van der Waals surface area contributed by atoms with Crippen LogP contribution in [-0.4, -0.2) is 15.9 Å². The van der Waals surface area contributed by atoms with E-state index >= 15 is 0 Å². The molecule has 114 valence electrons. The molecule has 0 bridgehead atoms. The molecule has 2 N–H and O–H groups in total. The highest BCUT2D eigenvalue weighted by Crippen LogP contribution is 2.39. The molecule has 0 spiro atoms. The number of fused-ring (bicyclic) bond motifs is 1. The van der Waals surface area contributed by atoms with E-state index in [2.05, 4.69) is 10.1 Å². The Morgan fingerprint density at radius 3 is 2.77 bits per heavy atom. The molecule has 2 aromatic heterocycles. The number of benzene rings is 1. The summed E-state index contributed by atoms with van der Waals surface area (Å²) in [4.78, 5) is 3.98. The zero-order chi connectivity index (χ0) is 15.9. The summed E-state index contributed by atoms with van der Waals surface area (Å²) in [6.45, 7) is 1.75. The number of nitrogens with two attached hydrogens (primary N) is 1. The average molecular weight is 324 g/mol. The normalized spacial score (nSPS) is 12.5. The molecule has 0 saturated carbocycles. The van der Waals surface area contributed by atoms with Gasteiger partial charge in [-0.25, -0.2) is 9.66 Å². The molecule has 0 unspecified atom stereocenters. The fraction of sp³-hybridized carbons (Fsp3) is 0.143. The van der Waals surface area contributed by atoms with Gasteiger partial charge >= 0.3 is 6.18 Å². The predicted octanol–water partition coefficient (Wildman–Crippen LogP) is 3.89. The van der Waals surface area contributed by atoms with E-state index in [1.807, 2.05) is 0 Å². The van der Waals surface area contributed by atoms with Crippen molar-refractivity contribution in [2.45, 2.75) is 13.1 Å². The monoisotopic (exact) mass is 324 g/mol. The van der Waals surface area contributed by atoms with Crippen LogP contribution < -0.4 is 5.73 Å². The summed E-state index contributed by atoms with van der Waals surface area (Å²) in [5.41, 5.74) is 6.07. The van der Waals surface area contributed by atoms with Gasteiger partial charge in [-0.3, -0.25) is 0 Å². The van der Waals surface area contributed by atoms with Gasteiger partial charge in [0.1, 0.15) is 0 Å². The second-order valence-electron chi connectivity index (χ2n) is 4.70. The molecular weight excluding hydrogens is 313 g/mol. The third-order valence-electron chi connectivity index (χ3n) is 3.09. The van der Waals surface area contributed by atoms with Crippen molar-refractivity contribution in [3.63, 3.8) is 0 Å². The number of anilines is 1. The highest BCUT2D eigenvalue weighted by Gasteiger charge is 2.34. The van der Waals surface area contributed by atoms with Crippen LogP contribution >= 0.6 is 11.3 Å². The Kier molecular flexibility index (Phi) is 3.40. The standard InChI is InChI=1S/C14H11F3N4S/c1-8-6-21(13(18)20-8)19-5-9-3-2-4-11-12(9)10(7-22-11)14(15,16)17/h2-7H,1H3,(H2,18,20). The van der Waals surface area contributed by atoms with Gasteiger partial charge in [-0.1, -0.05) is 12.1 Å². The largest absolute Gasteiger partial charge is 0.417 e. The Hall–Kier alpha value is -2.35.